The van der Waals surface area contributed by atoms with Crippen LogP contribution in [-0.2, 0) is 24.3 Å². The summed E-state index contributed by atoms with van der Waals surface area (Å²) in [5.74, 6) is -2.45. The lowest BCUT2D eigenvalue weighted by Crippen LogP contribution is -2.43. The number of carboxylic acids is 1. The maximum atomic E-state index is 11.4. The lowest BCUT2D eigenvalue weighted by Gasteiger charge is -2.21. The first-order valence-electron chi connectivity index (χ1n) is 5.41. The van der Waals surface area contributed by atoms with Crippen LogP contribution in [0.1, 0.15) is 34.1 Å². The van der Waals surface area contributed by atoms with Gasteiger partial charge in [-0.25, -0.2) is 13.1 Å². The molecule has 7 nitrogen and oxygen atoms in total. The summed E-state index contributed by atoms with van der Waals surface area (Å²) in [6, 6.07) is -1.51. The monoisotopic (exact) mass is 281 g/mol. The van der Waals surface area contributed by atoms with E-state index in [1.165, 1.54) is 6.92 Å². The molecule has 0 spiro atoms. The van der Waals surface area contributed by atoms with Gasteiger partial charge in [-0.2, -0.15) is 0 Å². The van der Waals surface area contributed by atoms with E-state index in [0.29, 0.717) is 0 Å². The molecule has 0 aliphatic carbocycles. The van der Waals surface area contributed by atoms with Crippen LogP contribution < -0.4 is 4.72 Å². The van der Waals surface area contributed by atoms with Crippen LogP contribution >= 0.6 is 0 Å². The number of ether oxygens (including phenoxy) is 1. The molecule has 0 fully saturated rings. The molecule has 0 aromatic carbocycles. The Morgan fingerprint density at radius 1 is 1.33 bits per heavy atom. The Kier molecular flexibility index (Phi) is 5.75. The van der Waals surface area contributed by atoms with Gasteiger partial charge in [0.05, 0.1) is 12.2 Å². The van der Waals surface area contributed by atoms with Crippen molar-refractivity contribution in [2.75, 3.05) is 5.75 Å². The Balaban J connectivity index is 4.66. The van der Waals surface area contributed by atoms with E-state index in [4.69, 9.17) is 9.84 Å². The zero-order valence-corrected chi connectivity index (χ0v) is 11.7. The summed E-state index contributed by atoms with van der Waals surface area (Å²) in [4.78, 5) is 22.3. The van der Waals surface area contributed by atoms with E-state index in [1.807, 2.05) is 4.72 Å². The van der Waals surface area contributed by atoms with Gasteiger partial charge in [0.2, 0.25) is 10.0 Å². The lowest BCUT2D eigenvalue weighted by molar-refractivity contribution is -0.158. The molecule has 2 N–H and O–H groups in total. The standard InChI is InChI=1S/C10H19NO6S/c1-5-18(15,16)11-7(9(13)14)6-8(12)17-10(2,3)4/h7,11H,5-6H2,1-4H3,(H,13,14)/t7-/m0/s1. The fourth-order valence-electron chi connectivity index (χ4n) is 1.03. The van der Waals surface area contributed by atoms with Gasteiger partial charge in [0, 0.05) is 0 Å². The van der Waals surface area contributed by atoms with E-state index in [2.05, 4.69) is 0 Å². The summed E-state index contributed by atoms with van der Waals surface area (Å²) in [5.41, 5.74) is -0.746. The van der Waals surface area contributed by atoms with Crippen molar-refractivity contribution >= 4 is 22.0 Å². The van der Waals surface area contributed by atoms with Crippen LogP contribution in [0.15, 0.2) is 0 Å². The molecule has 0 aromatic rings. The molecule has 8 heteroatoms. The summed E-state index contributed by atoms with van der Waals surface area (Å²) in [6.07, 6.45) is -0.550. The van der Waals surface area contributed by atoms with Crippen LogP contribution in [0.3, 0.4) is 0 Å². The molecule has 106 valence electrons. The summed E-state index contributed by atoms with van der Waals surface area (Å²) < 4.78 is 29.4. The number of rotatable bonds is 6. The molecular weight excluding hydrogens is 262 g/mol. The van der Waals surface area contributed by atoms with Crippen LogP contribution in [0.4, 0.5) is 0 Å². The maximum Gasteiger partial charge on any atom is 0.322 e. The first-order chi connectivity index (χ1) is 7.97. The maximum absolute atomic E-state index is 11.4. The third-order valence-electron chi connectivity index (χ3n) is 1.79. The number of esters is 1. The number of carboxylic acid groups (broad SMARTS) is 1. The van der Waals surface area contributed by atoms with Gasteiger partial charge in [0.15, 0.2) is 0 Å². The molecule has 0 heterocycles. The second-order valence-electron chi connectivity index (χ2n) is 4.70. The quantitative estimate of drug-likeness (QED) is 0.669. The van der Waals surface area contributed by atoms with E-state index in [1.54, 1.807) is 20.8 Å². The van der Waals surface area contributed by atoms with Gasteiger partial charge in [-0.05, 0) is 27.7 Å². The van der Waals surface area contributed by atoms with Crippen LogP contribution in [0, 0.1) is 0 Å². The highest BCUT2D eigenvalue weighted by molar-refractivity contribution is 7.89. The Labute approximate surface area is 107 Å². The Morgan fingerprint density at radius 3 is 2.17 bits per heavy atom. The molecule has 0 rings (SSSR count). The highest BCUT2D eigenvalue weighted by Gasteiger charge is 2.28. The van der Waals surface area contributed by atoms with Gasteiger partial charge < -0.3 is 9.84 Å². The van der Waals surface area contributed by atoms with Gasteiger partial charge in [-0.3, -0.25) is 9.59 Å². The number of hydrogen-bond donors (Lipinski definition) is 2. The number of nitrogens with one attached hydrogen (secondary N) is 1. The molecule has 0 aliphatic rings. The highest BCUT2D eigenvalue weighted by Crippen LogP contribution is 2.09. The summed E-state index contributed by atoms with van der Waals surface area (Å²) in [6.45, 7) is 6.28. The minimum atomic E-state index is -3.69. The van der Waals surface area contributed by atoms with E-state index in [-0.39, 0.29) is 5.75 Å². The van der Waals surface area contributed by atoms with Crippen molar-refractivity contribution in [3.8, 4) is 0 Å². The van der Waals surface area contributed by atoms with E-state index in [9.17, 15) is 18.0 Å². The summed E-state index contributed by atoms with van der Waals surface area (Å²) >= 11 is 0. The molecule has 0 unspecified atom stereocenters. The number of sulfonamides is 1. The molecule has 0 amide bonds. The first kappa shape index (κ1) is 16.9. The predicted octanol–water partition coefficient (Wildman–Crippen LogP) is 0.111. The third-order valence-corrected chi connectivity index (χ3v) is 3.19. The fourth-order valence-corrected chi connectivity index (χ4v) is 1.81. The predicted molar refractivity (Wildman–Crippen MR) is 64.5 cm³/mol. The Morgan fingerprint density at radius 2 is 1.83 bits per heavy atom. The van der Waals surface area contributed by atoms with Crippen LogP contribution in [0.25, 0.3) is 0 Å². The molecule has 0 aromatic heterocycles. The topological polar surface area (TPSA) is 110 Å². The summed E-state index contributed by atoms with van der Waals surface area (Å²) in [7, 11) is -3.69. The molecule has 0 radical (unpaired) electrons. The van der Waals surface area contributed by atoms with Crippen molar-refractivity contribution in [2.24, 2.45) is 0 Å². The van der Waals surface area contributed by atoms with Gasteiger partial charge in [0.1, 0.15) is 11.6 Å². The first-order valence-corrected chi connectivity index (χ1v) is 7.06. The van der Waals surface area contributed by atoms with Crippen molar-refractivity contribution in [1.29, 1.82) is 0 Å². The van der Waals surface area contributed by atoms with Crippen molar-refractivity contribution in [3.63, 3.8) is 0 Å². The second kappa shape index (κ2) is 6.14. The largest absolute Gasteiger partial charge is 0.480 e. The smallest absolute Gasteiger partial charge is 0.322 e. The van der Waals surface area contributed by atoms with Crippen molar-refractivity contribution in [3.05, 3.63) is 0 Å². The summed E-state index contributed by atoms with van der Waals surface area (Å²) in [5, 5.41) is 8.84. The average Bonchev–Trinajstić information content (AvgIpc) is 2.13. The number of hydrogen-bond acceptors (Lipinski definition) is 5. The van der Waals surface area contributed by atoms with Crippen molar-refractivity contribution in [1.82, 2.24) is 4.72 Å². The fraction of sp³-hybridized carbons (Fsp3) is 0.800. The molecule has 0 bridgehead atoms. The Hall–Kier alpha value is -1.15. The lowest BCUT2D eigenvalue weighted by atomic mass is 10.2. The molecular formula is C10H19NO6S. The van der Waals surface area contributed by atoms with Gasteiger partial charge in [-0.15, -0.1) is 0 Å². The second-order valence-corrected chi connectivity index (χ2v) is 6.75. The van der Waals surface area contributed by atoms with Crippen LogP contribution in [0.5, 0.6) is 0 Å². The molecule has 0 saturated heterocycles. The average molecular weight is 281 g/mol. The highest BCUT2D eigenvalue weighted by atomic mass is 32.2. The van der Waals surface area contributed by atoms with E-state index < -0.39 is 40.0 Å². The van der Waals surface area contributed by atoms with Crippen molar-refractivity contribution < 1.29 is 27.9 Å². The normalized spacial score (nSPS) is 14.0. The molecule has 0 aliphatic heterocycles. The zero-order valence-electron chi connectivity index (χ0n) is 10.9. The molecule has 18 heavy (non-hydrogen) atoms. The number of aliphatic carboxylic acids is 1. The minimum Gasteiger partial charge on any atom is -0.480 e. The minimum absolute atomic E-state index is 0.259. The number of carbonyl (C=O) groups excluding carboxylic acids is 1. The molecule has 0 saturated carbocycles. The van der Waals surface area contributed by atoms with Gasteiger partial charge in [0.25, 0.3) is 0 Å². The number of carbonyl (C=O) groups is 2. The van der Waals surface area contributed by atoms with Crippen LogP contribution in [-0.4, -0.2) is 42.9 Å². The van der Waals surface area contributed by atoms with Gasteiger partial charge >= 0.3 is 11.9 Å². The zero-order chi connectivity index (χ0) is 14.6. The van der Waals surface area contributed by atoms with Crippen LogP contribution in [0.2, 0.25) is 0 Å². The van der Waals surface area contributed by atoms with Gasteiger partial charge in [-0.1, -0.05) is 0 Å². The Bertz CT molecular complexity index is 409. The SMILES string of the molecule is CCS(=O)(=O)N[C@@H](CC(=O)OC(C)(C)C)C(=O)O. The molecule has 1 atom stereocenters. The van der Waals surface area contributed by atoms with Crippen molar-refractivity contribution in [2.45, 2.75) is 45.8 Å². The third kappa shape index (κ3) is 7.23. The van der Waals surface area contributed by atoms with E-state index in [0.717, 1.165) is 0 Å². The van der Waals surface area contributed by atoms with E-state index >= 15 is 0 Å².